The summed E-state index contributed by atoms with van der Waals surface area (Å²) in [6.45, 7) is 4.38. The zero-order valence-electron chi connectivity index (χ0n) is 6.67. The fraction of sp³-hybridized carbons (Fsp3) is 0.875. The molecule has 0 bridgehead atoms. The molecule has 0 radical (unpaired) electrons. The molecule has 0 amide bonds. The molecule has 0 saturated heterocycles. The third-order valence-electron chi connectivity index (χ3n) is 2.35. The highest BCUT2D eigenvalue weighted by atomic mass is 16.4. The van der Waals surface area contributed by atoms with Crippen LogP contribution >= 0.6 is 0 Å². The molecular weight excluding hydrogens is 126 g/mol. The molecule has 1 rings (SSSR count). The lowest BCUT2D eigenvalue weighted by molar-refractivity contribution is 0.304. The second kappa shape index (κ2) is 3.04. The van der Waals surface area contributed by atoms with Crippen LogP contribution < -0.4 is 0 Å². The van der Waals surface area contributed by atoms with Crippen LogP contribution in [0.15, 0.2) is 5.16 Å². The van der Waals surface area contributed by atoms with Crippen LogP contribution in [0.4, 0.5) is 0 Å². The molecule has 2 heteroatoms. The summed E-state index contributed by atoms with van der Waals surface area (Å²) < 4.78 is 0. The van der Waals surface area contributed by atoms with Crippen molar-refractivity contribution in [2.75, 3.05) is 0 Å². The normalized spacial score (nSPS) is 38.4. The van der Waals surface area contributed by atoms with E-state index in [-0.39, 0.29) is 0 Å². The quantitative estimate of drug-likeness (QED) is 0.407. The van der Waals surface area contributed by atoms with Crippen molar-refractivity contribution in [1.29, 1.82) is 0 Å². The molecule has 0 aromatic rings. The van der Waals surface area contributed by atoms with Crippen LogP contribution in [0, 0.1) is 11.8 Å². The zero-order chi connectivity index (χ0) is 7.56. The minimum absolute atomic E-state index is 0.494. The van der Waals surface area contributed by atoms with Gasteiger partial charge in [-0.15, -0.1) is 0 Å². The van der Waals surface area contributed by atoms with E-state index in [0.717, 1.165) is 18.1 Å². The van der Waals surface area contributed by atoms with Crippen molar-refractivity contribution in [3.63, 3.8) is 0 Å². The summed E-state index contributed by atoms with van der Waals surface area (Å²) >= 11 is 0. The number of hydrogen-bond acceptors (Lipinski definition) is 2. The highest BCUT2D eigenvalue weighted by molar-refractivity contribution is 5.86. The van der Waals surface area contributed by atoms with Gasteiger partial charge in [-0.3, -0.25) is 0 Å². The van der Waals surface area contributed by atoms with E-state index in [1.165, 1.54) is 12.8 Å². The maximum Gasteiger partial charge on any atom is 0.0599 e. The van der Waals surface area contributed by atoms with Crippen LogP contribution in [0.1, 0.15) is 33.1 Å². The first-order valence-electron chi connectivity index (χ1n) is 3.95. The maximum atomic E-state index is 8.54. The summed E-state index contributed by atoms with van der Waals surface area (Å²) in [5.74, 6) is 1.30. The molecule has 0 aromatic heterocycles. The Hall–Kier alpha value is -0.530. The summed E-state index contributed by atoms with van der Waals surface area (Å²) in [4.78, 5) is 0. The fourth-order valence-electron chi connectivity index (χ4n) is 1.65. The molecule has 0 spiro atoms. The van der Waals surface area contributed by atoms with Gasteiger partial charge >= 0.3 is 0 Å². The second-order valence-corrected chi connectivity index (χ2v) is 3.37. The molecule has 0 heterocycles. The number of rotatable bonds is 0. The summed E-state index contributed by atoms with van der Waals surface area (Å²) in [5, 5.41) is 11.8. The predicted molar refractivity (Wildman–Crippen MR) is 41.4 cm³/mol. The lowest BCUT2D eigenvalue weighted by Crippen LogP contribution is -2.21. The Morgan fingerprint density at radius 1 is 1.50 bits per heavy atom. The Bertz CT molecular complexity index is 142. The monoisotopic (exact) mass is 141 g/mol. The predicted octanol–water partition coefficient (Wildman–Crippen LogP) is 2.27. The Morgan fingerprint density at radius 2 is 2.20 bits per heavy atom. The van der Waals surface area contributed by atoms with E-state index >= 15 is 0 Å². The average molecular weight is 141 g/mol. The average Bonchev–Trinajstić information content (AvgIpc) is 1.88. The van der Waals surface area contributed by atoms with Crippen molar-refractivity contribution in [2.45, 2.75) is 33.1 Å². The van der Waals surface area contributed by atoms with Gasteiger partial charge < -0.3 is 5.21 Å². The van der Waals surface area contributed by atoms with E-state index in [1.54, 1.807) is 0 Å². The lowest BCUT2D eigenvalue weighted by Gasteiger charge is -2.24. The van der Waals surface area contributed by atoms with Gasteiger partial charge in [-0.05, 0) is 31.1 Å². The van der Waals surface area contributed by atoms with Gasteiger partial charge in [0.2, 0.25) is 0 Å². The minimum atomic E-state index is 0.494. The van der Waals surface area contributed by atoms with Gasteiger partial charge in [0.1, 0.15) is 0 Å². The first-order valence-corrected chi connectivity index (χ1v) is 3.95. The van der Waals surface area contributed by atoms with Crippen molar-refractivity contribution < 1.29 is 5.21 Å². The fourth-order valence-corrected chi connectivity index (χ4v) is 1.65. The Kier molecular flexibility index (Phi) is 2.30. The molecule has 10 heavy (non-hydrogen) atoms. The lowest BCUT2D eigenvalue weighted by atomic mass is 9.82. The molecule has 0 aliphatic heterocycles. The van der Waals surface area contributed by atoms with Gasteiger partial charge in [0.15, 0.2) is 0 Å². The van der Waals surface area contributed by atoms with Crippen LogP contribution in [0.2, 0.25) is 0 Å². The minimum Gasteiger partial charge on any atom is -0.411 e. The molecule has 1 aliphatic carbocycles. The highest BCUT2D eigenvalue weighted by Crippen LogP contribution is 2.25. The van der Waals surface area contributed by atoms with Crippen molar-refractivity contribution in [2.24, 2.45) is 17.0 Å². The first-order chi connectivity index (χ1) is 4.74. The molecule has 1 saturated carbocycles. The van der Waals surface area contributed by atoms with Gasteiger partial charge in [0.25, 0.3) is 0 Å². The van der Waals surface area contributed by atoms with E-state index in [1.807, 2.05) is 0 Å². The number of hydrogen-bond donors (Lipinski definition) is 1. The third-order valence-corrected chi connectivity index (χ3v) is 2.35. The van der Waals surface area contributed by atoms with E-state index in [0.29, 0.717) is 5.92 Å². The SMILES string of the molecule is CC1CCC(=NO)C(C)C1. The molecule has 0 aromatic carbocycles. The Morgan fingerprint density at radius 3 is 2.70 bits per heavy atom. The smallest absolute Gasteiger partial charge is 0.0599 e. The van der Waals surface area contributed by atoms with Crippen LogP contribution in [-0.4, -0.2) is 10.9 Å². The van der Waals surface area contributed by atoms with Gasteiger partial charge in [-0.2, -0.15) is 0 Å². The molecule has 2 nitrogen and oxygen atoms in total. The third kappa shape index (κ3) is 1.49. The summed E-state index contributed by atoms with van der Waals surface area (Å²) in [7, 11) is 0. The molecule has 2 unspecified atom stereocenters. The summed E-state index contributed by atoms with van der Waals surface area (Å²) in [6, 6.07) is 0. The van der Waals surface area contributed by atoms with Crippen LogP contribution in [0.3, 0.4) is 0 Å². The summed E-state index contributed by atoms with van der Waals surface area (Å²) in [5.41, 5.74) is 0.984. The van der Waals surface area contributed by atoms with Crippen LogP contribution in [0.25, 0.3) is 0 Å². The van der Waals surface area contributed by atoms with E-state index in [9.17, 15) is 0 Å². The van der Waals surface area contributed by atoms with Gasteiger partial charge in [0, 0.05) is 0 Å². The maximum absolute atomic E-state index is 8.54. The van der Waals surface area contributed by atoms with E-state index in [2.05, 4.69) is 19.0 Å². The van der Waals surface area contributed by atoms with Crippen LogP contribution in [-0.2, 0) is 0 Å². The molecule has 1 N–H and O–H groups in total. The first kappa shape index (κ1) is 7.58. The van der Waals surface area contributed by atoms with Crippen molar-refractivity contribution in [3.05, 3.63) is 0 Å². The molecule has 1 aliphatic rings. The number of nitrogens with zero attached hydrogens (tertiary/aromatic N) is 1. The van der Waals surface area contributed by atoms with Gasteiger partial charge in [0.05, 0.1) is 5.71 Å². The van der Waals surface area contributed by atoms with E-state index < -0.39 is 0 Å². The molecule has 2 atom stereocenters. The highest BCUT2D eigenvalue weighted by Gasteiger charge is 2.20. The van der Waals surface area contributed by atoms with Crippen molar-refractivity contribution in [1.82, 2.24) is 0 Å². The zero-order valence-corrected chi connectivity index (χ0v) is 6.67. The largest absolute Gasteiger partial charge is 0.411 e. The topological polar surface area (TPSA) is 32.6 Å². The van der Waals surface area contributed by atoms with E-state index in [4.69, 9.17) is 5.21 Å². The molecule has 58 valence electrons. The Labute approximate surface area is 61.9 Å². The number of oxime groups is 1. The molecule has 1 fully saturated rings. The van der Waals surface area contributed by atoms with Crippen molar-refractivity contribution in [3.8, 4) is 0 Å². The van der Waals surface area contributed by atoms with Crippen molar-refractivity contribution >= 4 is 5.71 Å². The standard InChI is InChI=1S/C8H15NO/c1-6-3-4-8(9-10)7(2)5-6/h6-7,10H,3-5H2,1-2H3. The molecular formula is C8H15NO. The van der Waals surface area contributed by atoms with Crippen LogP contribution in [0.5, 0.6) is 0 Å². The van der Waals surface area contributed by atoms with Gasteiger partial charge in [-0.25, -0.2) is 0 Å². The van der Waals surface area contributed by atoms with Gasteiger partial charge in [-0.1, -0.05) is 19.0 Å². The Balaban J connectivity index is 2.52. The summed E-state index contributed by atoms with van der Waals surface area (Å²) in [6.07, 6.45) is 3.35. The second-order valence-electron chi connectivity index (χ2n) is 3.37.